The molecule has 96 valence electrons. The van der Waals surface area contributed by atoms with E-state index in [9.17, 15) is 4.39 Å². The first-order valence-corrected chi connectivity index (χ1v) is 6.11. The average Bonchev–Trinajstić information content (AvgIpc) is 2.28. The van der Waals surface area contributed by atoms with Crippen molar-refractivity contribution in [1.29, 1.82) is 0 Å². The SMILES string of the molecule is CCNCC(C)(C)COc1cc(F)ccc1Cl. The quantitative estimate of drug-likeness (QED) is 0.844. The molecule has 0 saturated carbocycles. The van der Waals surface area contributed by atoms with Gasteiger partial charge in [-0.15, -0.1) is 0 Å². The van der Waals surface area contributed by atoms with Gasteiger partial charge in [0.25, 0.3) is 0 Å². The van der Waals surface area contributed by atoms with Crippen molar-refractivity contribution in [3.05, 3.63) is 29.0 Å². The molecule has 1 N–H and O–H groups in total. The van der Waals surface area contributed by atoms with Crippen LogP contribution in [0, 0.1) is 11.2 Å². The average molecular weight is 260 g/mol. The fraction of sp³-hybridized carbons (Fsp3) is 0.538. The van der Waals surface area contributed by atoms with Gasteiger partial charge in [-0.25, -0.2) is 4.39 Å². The molecule has 0 aliphatic heterocycles. The van der Waals surface area contributed by atoms with E-state index >= 15 is 0 Å². The molecule has 1 aromatic carbocycles. The van der Waals surface area contributed by atoms with E-state index in [1.807, 2.05) is 0 Å². The molecule has 0 spiro atoms. The van der Waals surface area contributed by atoms with Crippen LogP contribution in [-0.2, 0) is 0 Å². The van der Waals surface area contributed by atoms with Crippen molar-refractivity contribution in [2.24, 2.45) is 5.41 Å². The van der Waals surface area contributed by atoms with Crippen LogP contribution >= 0.6 is 11.6 Å². The van der Waals surface area contributed by atoms with E-state index in [2.05, 4.69) is 26.1 Å². The van der Waals surface area contributed by atoms with Gasteiger partial charge in [0.2, 0.25) is 0 Å². The molecule has 0 aromatic heterocycles. The second-order valence-corrected chi connectivity index (χ2v) is 5.22. The van der Waals surface area contributed by atoms with Crippen molar-refractivity contribution >= 4 is 11.6 Å². The minimum Gasteiger partial charge on any atom is -0.491 e. The highest BCUT2D eigenvalue weighted by Crippen LogP contribution is 2.26. The molecule has 0 aliphatic rings. The Morgan fingerprint density at radius 2 is 2.12 bits per heavy atom. The predicted molar refractivity (Wildman–Crippen MR) is 69.2 cm³/mol. The number of rotatable bonds is 6. The molecule has 0 heterocycles. The summed E-state index contributed by atoms with van der Waals surface area (Å²) in [6, 6.07) is 4.13. The highest BCUT2D eigenvalue weighted by atomic mass is 35.5. The van der Waals surface area contributed by atoms with Crippen molar-refractivity contribution in [2.75, 3.05) is 19.7 Å². The van der Waals surface area contributed by atoms with Gasteiger partial charge in [-0.05, 0) is 18.7 Å². The van der Waals surface area contributed by atoms with Crippen LogP contribution in [0.25, 0.3) is 0 Å². The molecular formula is C13H19ClFNO. The van der Waals surface area contributed by atoms with E-state index in [4.69, 9.17) is 16.3 Å². The maximum atomic E-state index is 13.0. The lowest BCUT2D eigenvalue weighted by molar-refractivity contribution is 0.177. The van der Waals surface area contributed by atoms with E-state index in [0.717, 1.165) is 13.1 Å². The zero-order chi connectivity index (χ0) is 12.9. The van der Waals surface area contributed by atoms with Gasteiger partial charge in [0.1, 0.15) is 11.6 Å². The third-order valence-corrected chi connectivity index (χ3v) is 2.68. The Labute approximate surface area is 107 Å². The Hall–Kier alpha value is -0.800. The van der Waals surface area contributed by atoms with Crippen LogP contribution in [0.4, 0.5) is 4.39 Å². The molecule has 4 heteroatoms. The summed E-state index contributed by atoms with van der Waals surface area (Å²) < 4.78 is 18.6. The van der Waals surface area contributed by atoms with Crippen LogP contribution in [0.2, 0.25) is 5.02 Å². The van der Waals surface area contributed by atoms with Gasteiger partial charge < -0.3 is 10.1 Å². The number of hydrogen-bond donors (Lipinski definition) is 1. The second-order valence-electron chi connectivity index (χ2n) is 4.81. The Bertz CT molecular complexity index is 368. The number of halogens is 2. The highest BCUT2D eigenvalue weighted by molar-refractivity contribution is 6.32. The second kappa shape index (κ2) is 6.22. The summed E-state index contributed by atoms with van der Waals surface area (Å²) in [6.07, 6.45) is 0. The van der Waals surface area contributed by atoms with E-state index in [1.165, 1.54) is 18.2 Å². The third kappa shape index (κ3) is 4.92. The zero-order valence-corrected chi connectivity index (χ0v) is 11.3. The van der Waals surface area contributed by atoms with Gasteiger partial charge in [-0.1, -0.05) is 32.4 Å². The standard InChI is InChI=1S/C13H19ClFNO/c1-4-16-8-13(2,3)9-17-12-7-10(15)5-6-11(12)14/h5-7,16H,4,8-9H2,1-3H3. The van der Waals surface area contributed by atoms with Gasteiger partial charge in [0.05, 0.1) is 11.6 Å². The molecule has 2 nitrogen and oxygen atoms in total. The van der Waals surface area contributed by atoms with Crippen LogP contribution < -0.4 is 10.1 Å². The molecule has 0 saturated heterocycles. The maximum absolute atomic E-state index is 13.0. The molecule has 0 fully saturated rings. The molecule has 0 radical (unpaired) electrons. The Balaban J connectivity index is 2.57. The maximum Gasteiger partial charge on any atom is 0.140 e. The van der Waals surface area contributed by atoms with E-state index in [-0.39, 0.29) is 11.2 Å². The normalized spacial score (nSPS) is 11.6. The number of ether oxygens (including phenoxy) is 1. The molecule has 17 heavy (non-hydrogen) atoms. The largest absolute Gasteiger partial charge is 0.491 e. The molecule has 0 amide bonds. The minimum absolute atomic E-state index is 0.0222. The molecule has 0 aliphatic carbocycles. The van der Waals surface area contributed by atoms with Crippen molar-refractivity contribution in [3.63, 3.8) is 0 Å². The molecular weight excluding hydrogens is 241 g/mol. The van der Waals surface area contributed by atoms with Crippen molar-refractivity contribution in [3.8, 4) is 5.75 Å². The van der Waals surface area contributed by atoms with Crippen LogP contribution in [0.5, 0.6) is 5.75 Å². The number of hydrogen-bond acceptors (Lipinski definition) is 2. The Kier molecular flexibility index (Phi) is 5.22. The van der Waals surface area contributed by atoms with Gasteiger partial charge in [-0.2, -0.15) is 0 Å². The van der Waals surface area contributed by atoms with Crippen LogP contribution in [0.15, 0.2) is 18.2 Å². The van der Waals surface area contributed by atoms with E-state index in [1.54, 1.807) is 0 Å². The van der Waals surface area contributed by atoms with Crippen molar-refractivity contribution in [2.45, 2.75) is 20.8 Å². The van der Waals surface area contributed by atoms with E-state index < -0.39 is 0 Å². The summed E-state index contributed by atoms with van der Waals surface area (Å²) in [5.41, 5.74) is -0.0222. The lowest BCUT2D eigenvalue weighted by Gasteiger charge is -2.25. The topological polar surface area (TPSA) is 21.3 Å². The van der Waals surface area contributed by atoms with Crippen molar-refractivity contribution < 1.29 is 9.13 Å². The van der Waals surface area contributed by atoms with Crippen LogP contribution in [-0.4, -0.2) is 19.7 Å². The monoisotopic (exact) mass is 259 g/mol. The molecule has 0 unspecified atom stereocenters. The summed E-state index contributed by atoms with van der Waals surface area (Å²) >= 11 is 5.92. The summed E-state index contributed by atoms with van der Waals surface area (Å²) in [5.74, 6) is 0.0603. The minimum atomic E-state index is -0.339. The summed E-state index contributed by atoms with van der Waals surface area (Å²) in [4.78, 5) is 0. The predicted octanol–water partition coefficient (Wildman–Crippen LogP) is 3.49. The molecule has 1 rings (SSSR count). The van der Waals surface area contributed by atoms with Crippen LogP contribution in [0.3, 0.4) is 0 Å². The number of benzene rings is 1. The lowest BCUT2D eigenvalue weighted by Crippen LogP contribution is -2.34. The molecule has 0 atom stereocenters. The summed E-state index contributed by atoms with van der Waals surface area (Å²) in [6.45, 7) is 8.48. The summed E-state index contributed by atoms with van der Waals surface area (Å²) in [7, 11) is 0. The van der Waals surface area contributed by atoms with Crippen LogP contribution in [0.1, 0.15) is 20.8 Å². The van der Waals surface area contributed by atoms with Gasteiger partial charge >= 0.3 is 0 Å². The van der Waals surface area contributed by atoms with Gasteiger partial charge in [0, 0.05) is 18.0 Å². The third-order valence-electron chi connectivity index (χ3n) is 2.37. The first-order valence-electron chi connectivity index (χ1n) is 5.73. The van der Waals surface area contributed by atoms with Gasteiger partial charge in [-0.3, -0.25) is 0 Å². The first-order chi connectivity index (χ1) is 7.94. The molecule has 1 aromatic rings. The van der Waals surface area contributed by atoms with Gasteiger partial charge in [0.15, 0.2) is 0 Å². The zero-order valence-electron chi connectivity index (χ0n) is 10.5. The fourth-order valence-corrected chi connectivity index (χ4v) is 1.55. The van der Waals surface area contributed by atoms with Crippen molar-refractivity contribution in [1.82, 2.24) is 5.32 Å². The Morgan fingerprint density at radius 1 is 1.41 bits per heavy atom. The highest BCUT2D eigenvalue weighted by Gasteiger charge is 2.19. The first kappa shape index (κ1) is 14.3. The number of nitrogens with one attached hydrogen (secondary N) is 1. The fourth-order valence-electron chi connectivity index (χ4n) is 1.38. The Morgan fingerprint density at radius 3 is 2.76 bits per heavy atom. The summed E-state index contributed by atoms with van der Waals surface area (Å²) in [5, 5.41) is 3.70. The van der Waals surface area contributed by atoms with E-state index in [0.29, 0.717) is 17.4 Å². The lowest BCUT2D eigenvalue weighted by atomic mass is 9.95. The smallest absolute Gasteiger partial charge is 0.140 e. The molecule has 0 bridgehead atoms.